The third-order valence-corrected chi connectivity index (χ3v) is 3.77. The fourth-order valence-corrected chi connectivity index (χ4v) is 2.67. The lowest BCUT2D eigenvalue weighted by atomic mass is 10.0. The highest BCUT2D eigenvalue weighted by Crippen LogP contribution is 2.15. The molecule has 2 N–H and O–H groups in total. The molecule has 1 aliphatic rings. The molecule has 0 aromatic heterocycles. The van der Waals surface area contributed by atoms with Gasteiger partial charge in [0.1, 0.15) is 0 Å². The van der Waals surface area contributed by atoms with Gasteiger partial charge in [-0.15, -0.1) is 0 Å². The van der Waals surface area contributed by atoms with Crippen LogP contribution >= 0.6 is 0 Å². The lowest BCUT2D eigenvalue weighted by Gasteiger charge is -2.33. The number of nitrogens with zero attached hydrogens (tertiary/aromatic N) is 1. The van der Waals surface area contributed by atoms with Crippen molar-refractivity contribution in [2.24, 2.45) is 5.73 Å². The quantitative estimate of drug-likeness (QED) is 0.888. The van der Waals surface area contributed by atoms with Crippen LogP contribution in [0.1, 0.15) is 25.3 Å². The minimum Gasteiger partial charge on any atom is -0.378 e. The summed E-state index contributed by atoms with van der Waals surface area (Å²) in [5, 5.41) is 0. The number of carbonyl (C=O) groups is 1. The lowest BCUT2D eigenvalue weighted by Crippen LogP contribution is -2.49. The van der Waals surface area contributed by atoms with E-state index in [1.54, 1.807) is 0 Å². The van der Waals surface area contributed by atoms with Crippen molar-refractivity contribution in [1.29, 1.82) is 0 Å². The van der Waals surface area contributed by atoms with Crippen molar-refractivity contribution in [3.05, 3.63) is 35.9 Å². The summed E-state index contributed by atoms with van der Waals surface area (Å²) in [5.74, 6) is 0.0591. The van der Waals surface area contributed by atoms with Gasteiger partial charge in [0.05, 0.1) is 12.1 Å². The Morgan fingerprint density at radius 2 is 2.00 bits per heavy atom. The lowest BCUT2D eigenvalue weighted by molar-refractivity contribution is -0.135. The molecule has 1 aromatic rings. The van der Waals surface area contributed by atoms with Gasteiger partial charge in [-0.2, -0.15) is 0 Å². The maximum Gasteiger partial charge on any atom is 0.239 e. The number of nitrogens with two attached hydrogens (primary N) is 1. The van der Waals surface area contributed by atoms with E-state index in [0.29, 0.717) is 12.5 Å². The van der Waals surface area contributed by atoms with Crippen LogP contribution in [0.2, 0.25) is 0 Å². The zero-order valence-corrected chi connectivity index (χ0v) is 12.1. The first-order chi connectivity index (χ1) is 9.70. The predicted octanol–water partition coefficient (Wildman–Crippen LogP) is 1.58. The highest BCUT2D eigenvalue weighted by atomic mass is 16.5. The van der Waals surface area contributed by atoms with Gasteiger partial charge in [0.25, 0.3) is 0 Å². The topological polar surface area (TPSA) is 55.6 Å². The van der Waals surface area contributed by atoms with Crippen LogP contribution in [0.15, 0.2) is 30.3 Å². The number of benzene rings is 1. The van der Waals surface area contributed by atoms with E-state index < -0.39 is 6.04 Å². The number of hydrogen-bond donors (Lipinski definition) is 1. The Hall–Kier alpha value is -1.39. The zero-order valence-electron chi connectivity index (χ0n) is 12.1. The molecule has 0 unspecified atom stereocenters. The Kier molecular flexibility index (Phi) is 5.56. The van der Waals surface area contributed by atoms with Crippen LogP contribution in [0.5, 0.6) is 0 Å². The van der Waals surface area contributed by atoms with Gasteiger partial charge in [0, 0.05) is 19.7 Å². The van der Waals surface area contributed by atoms with Crippen LogP contribution in [0.25, 0.3) is 0 Å². The molecule has 110 valence electrons. The van der Waals surface area contributed by atoms with E-state index in [9.17, 15) is 4.79 Å². The summed E-state index contributed by atoms with van der Waals surface area (Å²) in [5.41, 5.74) is 7.16. The minimum atomic E-state index is -0.443. The Labute approximate surface area is 120 Å². The molecule has 1 fully saturated rings. The molecule has 1 amide bonds. The monoisotopic (exact) mass is 276 g/mol. The van der Waals surface area contributed by atoms with Crippen molar-refractivity contribution in [3.63, 3.8) is 0 Å². The molecule has 0 saturated carbocycles. The molecule has 0 radical (unpaired) electrons. The summed E-state index contributed by atoms with van der Waals surface area (Å²) < 4.78 is 5.60. The number of rotatable bonds is 5. The number of carbonyl (C=O) groups excluding carboxylic acids is 1. The maximum absolute atomic E-state index is 12.3. The normalized spacial score (nSPS) is 18.0. The van der Waals surface area contributed by atoms with E-state index in [-0.39, 0.29) is 5.91 Å². The molecule has 2 rings (SSSR count). The van der Waals surface area contributed by atoms with Crippen LogP contribution in [-0.4, -0.2) is 42.6 Å². The summed E-state index contributed by atoms with van der Waals surface area (Å²) in [6.45, 7) is 4.26. The van der Waals surface area contributed by atoms with Crippen molar-refractivity contribution in [3.8, 4) is 0 Å². The third kappa shape index (κ3) is 4.05. The Morgan fingerprint density at radius 1 is 1.35 bits per heavy atom. The molecule has 20 heavy (non-hydrogen) atoms. The van der Waals surface area contributed by atoms with Crippen LogP contribution in [0.3, 0.4) is 0 Å². The van der Waals surface area contributed by atoms with Crippen LogP contribution < -0.4 is 5.73 Å². The summed E-state index contributed by atoms with van der Waals surface area (Å²) in [6, 6.07) is 9.49. The second kappa shape index (κ2) is 7.41. The molecule has 1 atom stereocenters. The van der Waals surface area contributed by atoms with Gasteiger partial charge in [-0.1, -0.05) is 30.3 Å². The van der Waals surface area contributed by atoms with Crippen LogP contribution in [0.4, 0.5) is 0 Å². The maximum atomic E-state index is 12.3. The van der Waals surface area contributed by atoms with Gasteiger partial charge >= 0.3 is 0 Å². The summed E-state index contributed by atoms with van der Waals surface area (Å²) in [7, 11) is 0. The number of piperidine rings is 1. The third-order valence-electron chi connectivity index (χ3n) is 3.77. The molecule has 1 aromatic carbocycles. The van der Waals surface area contributed by atoms with E-state index in [1.165, 1.54) is 0 Å². The molecule has 0 bridgehead atoms. The molecule has 1 heterocycles. The Morgan fingerprint density at radius 3 is 2.60 bits per heavy atom. The Balaban J connectivity index is 1.82. The molecule has 4 nitrogen and oxygen atoms in total. The van der Waals surface area contributed by atoms with E-state index in [0.717, 1.165) is 38.1 Å². The van der Waals surface area contributed by atoms with Crippen LogP contribution in [-0.2, 0) is 16.0 Å². The van der Waals surface area contributed by atoms with Crippen molar-refractivity contribution >= 4 is 5.91 Å². The van der Waals surface area contributed by atoms with E-state index in [2.05, 4.69) is 0 Å². The second-order valence-corrected chi connectivity index (χ2v) is 5.28. The van der Waals surface area contributed by atoms with Gasteiger partial charge in [-0.3, -0.25) is 4.79 Å². The predicted molar refractivity (Wildman–Crippen MR) is 79.3 cm³/mol. The first-order valence-electron chi connectivity index (χ1n) is 7.40. The number of ether oxygens (including phenoxy) is 1. The SMILES string of the molecule is CCOC1CCN(C(=O)[C@H](N)Cc2ccccc2)CC1. The van der Waals surface area contributed by atoms with Gasteiger partial charge in [0.2, 0.25) is 5.91 Å². The van der Waals surface area contributed by atoms with E-state index in [1.807, 2.05) is 42.2 Å². The van der Waals surface area contributed by atoms with Crippen molar-refractivity contribution in [2.75, 3.05) is 19.7 Å². The summed E-state index contributed by atoms with van der Waals surface area (Å²) >= 11 is 0. The van der Waals surface area contributed by atoms with Gasteiger partial charge in [-0.25, -0.2) is 0 Å². The van der Waals surface area contributed by atoms with Crippen molar-refractivity contribution in [1.82, 2.24) is 4.90 Å². The number of amides is 1. The van der Waals surface area contributed by atoms with Crippen molar-refractivity contribution < 1.29 is 9.53 Å². The molecular weight excluding hydrogens is 252 g/mol. The molecule has 0 aliphatic carbocycles. The fourth-order valence-electron chi connectivity index (χ4n) is 2.67. The first kappa shape index (κ1) is 15.0. The summed E-state index contributed by atoms with van der Waals surface area (Å²) in [4.78, 5) is 14.2. The minimum absolute atomic E-state index is 0.0591. The molecule has 4 heteroatoms. The van der Waals surface area contributed by atoms with Gasteiger partial charge in [0.15, 0.2) is 0 Å². The average Bonchev–Trinajstić information content (AvgIpc) is 2.48. The number of hydrogen-bond acceptors (Lipinski definition) is 3. The fraction of sp³-hybridized carbons (Fsp3) is 0.562. The molecule has 1 saturated heterocycles. The zero-order chi connectivity index (χ0) is 14.4. The molecular formula is C16H24N2O2. The standard InChI is InChI=1S/C16H24N2O2/c1-2-20-14-8-10-18(11-9-14)16(19)15(17)12-13-6-4-3-5-7-13/h3-7,14-15H,2,8-12,17H2,1H3/t15-/m1/s1. The smallest absolute Gasteiger partial charge is 0.239 e. The molecule has 0 spiro atoms. The van der Waals surface area contributed by atoms with Crippen LogP contribution in [0, 0.1) is 0 Å². The van der Waals surface area contributed by atoms with Crippen molar-refractivity contribution in [2.45, 2.75) is 38.3 Å². The highest BCUT2D eigenvalue weighted by molar-refractivity contribution is 5.82. The largest absolute Gasteiger partial charge is 0.378 e. The number of likely N-dealkylation sites (tertiary alicyclic amines) is 1. The highest BCUT2D eigenvalue weighted by Gasteiger charge is 2.26. The summed E-state index contributed by atoms with van der Waals surface area (Å²) in [6.07, 6.45) is 2.73. The van der Waals surface area contributed by atoms with E-state index >= 15 is 0 Å². The van der Waals surface area contributed by atoms with Gasteiger partial charge < -0.3 is 15.4 Å². The van der Waals surface area contributed by atoms with Gasteiger partial charge in [-0.05, 0) is 31.7 Å². The Bertz CT molecular complexity index is 414. The average molecular weight is 276 g/mol. The van der Waals surface area contributed by atoms with E-state index in [4.69, 9.17) is 10.5 Å². The molecule has 1 aliphatic heterocycles. The first-order valence-corrected chi connectivity index (χ1v) is 7.40. The second-order valence-electron chi connectivity index (χ2n) is 5.28.